The summed E-state index contributed by atoms with van der Waals surface area (Å²) in [6.07, 6.45) is 0. The van der Waals surface area contributed by atoms with Crippen LogP contribution in [0.2, 0.25) is 5.02 Å². The van der Waals surface area contributed by atoms with Crippen molar-refractivity contribution in [3.8, 4) is 0 Å². The maximum atomic E-state index is 12.9. The fourth-order valence-corrected chi connectivity index (χ4v) is 5.06. The van der Waals surface area contributed by atoms with Crippen LogP contribution in [0.15, 0.2) is 47.4 Å². The van der Waals surface area contributed by atoms with Crippen molar-refractivity contribution in [1.82, 2.24) is 4.31 Å². The van der Waals surface area contributed by atoms with Gasteiger partial charge in [-0.3, -0.25) is 4.79 Å². The maximum absolute atomic E-state index is 12.9. The van der Waals surface area contributed by atoms with Gasteiger partial charge in [-0.2, -0.15) is 0 Å². The van der Waals surface area contributed by atoms with Crippen molar-refractivity contribution in [3.05, 3.63) is 52.4 Å². The van der Waals surface area contributed by atoms with Crippen LogP contribution in [0, 0.1) is 0 Å². The third-order valence-corrected chi connectivity index (χ3v) is 7.70. The van der Waals surface area contributed by atoms with Crippen molar-refractivity contribution >= 4 is 60.3 Å². The van der Waals surface area contributed by atoms with E-state index in [1.807, 2.05) is 38.4 Å². The molecular formula is C19H20ClN3O3S2. The van der Waals surface area contributed by atoms with Crippen LogP contribution in [0.1, 0.15) is 9.67 Å². The molecule has 2 aromatic carbocycles. The molecule has 9 heteroatoms. The standard InChI is InChI=1S/C19H20ClN3O3S2/c1-22(2)15-10-9-12(28(25,26)23(3)4)11-14(15)21-19(24)18-17(20)13-7-5-6-8-16(13)27-18/h5-11H,1-4H3,(H,21,24). The Morgan fingerprint density at radius 2 is 1.75 bits per heavy atom. The van der Waals surface area contributed by atoms with Crippen molar-refractivity contribution in [1.29, 1.82) is 0 Å². The molecule has 28 heavy (non-hydrogen) atoms. The molecule has 0 spiro atoms. The van der Waals surface area contributed by atoms with Gasteiger partial charge in [-0.1, -0.05) is 29.8 Å². The van der Waals surface area contributed by atoms with E-state index in [0.717, 1.165) is 14.4 Å². The number of carbonyl (C=O) groups is 1. The molecule has 3 aromatic rings. The average molecular weight is 438 g/mol. The third kappa shape index (κ3) is 3.73. The molecule has 148 valence electrons. The van der Waals surface area contributed by atoms with Crippen molar-refractivity contribution in [2.45, 2.75) is 4.90 Å². The molecule has 0 radical (unpaired) electrons. The van der Waals surface area contributed by atoms with Crippen LogP contribution in [-0.2, 0) is 10.0 Å². The lowest BCUT2D eigenvalue weighted by Gasteiger charge is -2.20. The molecule has 0 atom stereocenters. The minimum Gasteiger partial charge on any atom is -0.376 e. The highest BCUT2D eigenvalue weighted by molar-refractivity contribution is 7.89. The van der Waals surface area contributed by atoms with E-state index in [1.165, 1.54) is 37.6 Å². The monoisotopic (exact) mass is 437 g/mol. The number of carbonyl (C=O) groups excluding carboxylic acids is 1. The van der Waals surface area contributed by atoms with Crippen LogP contribution in [0.25, 0.3) is 10.1 Å². The lowest BCUT2D eigenvalue weighted by atomic mass is 10.2. The minimum absolute atomic E-state index is 0.0980. The van der Waals surface area contributed by atoms with Crippen LogP contribution in [-0.4, -0.2) is 46.8 Å². The van der Waals surface area contributed by atoms with Gasteiger partial charge < -0.3 is 10.2 Å². The van der Waals surface area contributed by atoms with Gasteiger partial charge in [0.25, 0.3) is 5.91 Å². The fourth-order valence-electron chi connectivity index (χ4n) is 2.72. The fraction of sp³-hybridized carbons (Fsp3) is 0.211. The molecule has 0 aliphatic rings. The maximum Gasteiger partial charge on any atom is 0.267 e. The first-order valence-corrected chi connectivity index (χ1v) is 11.0. The van der Waals surface area contributed by atoms with Gasteiger partial charge >= 0.3 is 0 Å². The van der Waals surface area contributed by atoms with Gasteiger partial charge in [-0.15, -0.1) is 11.3 Å². The molecule has 3 rings (SSSR count). The van der Waals surface area contributed by atoms with Gasteiger partial charge in [0.2, 0.25) is 10.0 Å². The molecule has 1 amide bonds. The number of benzene rings is 2. The van der Waals surface area contributed by atoms with Gasteiger partial charge in [0, 0.05) is 38.3 Å². The van der Waals surface area contributed by atoms with Crippen molar-refractivity contribution in [2.75, 3.05) is 38.4 Å². The first-order valence-electron chi connectivity index (χ1n) is 8.35. The van der Waals surface area contributed by atoms with E-state index in [0.29, 0.717) is 21.3 Å². The molecule has 1 N–H and O–H groups in total. The van der Waals surface area contributed by atoms with E-state index in [4.69, 9.17) is 11.6 Å². The Morgan fingerprint density at radius 1 is 1.07 bits per heavy atom. The molecule has 0 aliphatic heterocycles. The molecule has 0 fully saturated rings. The zero-order chi connectivity index (χ0) is 20.6. The number of nitrogens with zero attached hydrogens (tertiary/aromatic N) is 2. The van der Waals surface area contributed by atoms with Gasteiger partial charge in [0.1, 0.15) is 4.88 Å². The summed E-state index contributed by atoms with van der Waals surface area (Å²) in [5.41, 5.74) is 1.08. The Labute approximate surface area is 173 Å². The van der Waals surface area contributed by atoms with Crippen LogP contribution in [0.3, 0.4) is 0 Å². The normalized spacial score (nSPS) is 11.8. The van der Waals surface area contributed by atoms with Gasteiger partial charge in [0.05, 0.1) is 21.3 Å². The van der Waals surface area contributed by atoms with Crippen LogP contribution < -0.4 is 10.2 Å². The van der Waals surface area contributed by atoms with Crippen molar-refractivity contribution in [3.63, 3.8) is 0 Å². The zero-order valence-corrected chi connectivity index (χ0v) is 18.2. The number of nitrogens with one attached hydrogen (secondary N) is 1. The van der Waals surface area contributed by atoms with E-state index in [9.17, 15) is 13.2 Å². The smallest absolute Gasteiger partial charge is 0.267 e. The Kier molecular flexibility index (Phi) is 5.67. The quantitative estimate of drug-likeness (QED) is 0.651. The minimum atomic E-state index is -3.63. The summed E-state index contributed by atoms with van der Waals surface area (Å²) < 4.78 is 27.0. The first-order chi connectivity index (χ1) is 13.1. The van der Waals surface area contributed by atoms with Gasteiger partial charge in [-0.05, 0) is 24.3 Å². The van der Waals surface area contributed by atoms with Crippen LogP contribution >= 0.6 is 22.9 Å². The lowest BCUT2D eigenvalue weighted by Crippen LogP contribution is -2.23. The van der Waals surface area contributed by atoms with E-state index in [1.54, 1.807) is 11.0 Å². The molecule has 1 aromatic heterocycles. The molecule has 0 saturated heterocycles. The molecule has 1 heterocycles. The predicted molar refractivity (Wildman–Crippen MR) is 116 cm³/mol. The first kappa shape index (κ1) is 20.6. The topological polar surface area (TPSA) is 69.7 Å². The lowest BCUT2D eigenvalue weighted by molar-refractivity contribution is 0.103. The van der Waals surface area contributed by atoms with E-state index in [2.05, 4.69) is 5.32 Å². The molecular weight excluding hydrogens is 418 g/mol. The number of fused-ring (bicyclic) bond motifs is 1. The van der Waals surface area contributed by atoms with Crippen molar-refractivity contribution in [2.24, 2.45) is 0 Å². The van der Waals surface area contributed by atoms with Gasteiger partial charge in [-0.25, -0.2) is 12.7 Å². The molecule has 0 unspecified atom stereocenters. The van der Waals surface area contributed by atoms with E-state index in [-0.39, 0.29) is 10.8 Å². The summed E-state index contributed by atoms with van der Waals surface area (Å²) in [6.45, 7) is 0. The summed E-state index contributed by atoms with van der Waals surface area (Å²) in [5, 5.41) is 4.03. The molecule has 0 saturated carbocycles. The number of thiophene rings is 1. The Morgan fingerprint density at radius 3 is 2.36 bits per heavy atom. The predicted octanol–water partition coefficient (Wildman–Crippen LogP) is 4.12. The summed E-state index contributed by atoms with van der Waals surface area (Å²) in [6, 6.07) is 12.2. The summed E-state index contributed by atoms with van der Waals surface area (Å²) in [4.78, 5) is 15.2. The summed E-state index contributed by atoms with van der Waals surface area (Å²) in [5.74, 6) is -0.381. The van der Waals surface area contributed by atoms with Crippen LogP contribution in [0.5, 0.6) is 0 Å². The number of hydrogen-bond donors (Lipinski definition) is 1. The highest BCUT2D eigenvalue weighted by Crippen LogP contribution is 2.36. The third-order valence-electron chi connectivity index (χ3n) is 4.22. The Bertz CT molecular complexity index is 1150. The number of anilines is 2. The number of rotatable bonds is 5. The summed E-state index contributed by atoms with van der Waals surface area (Å²) in [7, 11) is 2.93. The van der Waals surface area contributed by atoms with E-state index >= 15 is 0 Å². The second-order valence-corrected chi connectivity index (χ2v) is 10.1. The average Bonchev–Trinajstić information content (AvgIpc) is 2.98. The molecule has 0 bridgehead atoms. The Hall–Kier alpha value is -2.13. The molecule has 6 nitrogen and oxygen atoms in total. The highest BCUT2D eigenvalue weighted by atomic mass is 35.5. The second kappa shape index (κ2) is 7.71. The number of hydrogen-bond acceptors (Lipinski definition) is 5. The van der Waals surface area contributed by atoms with Crippen LogP contribution in [0.4, 0.5) is 11.4 Å². The van der Waals surface area contributed by atoms with Crippen molar-refractivity contribution < 1.29 is 13.2 Å². The highest BCUT2D eigenvalue weighted by Gasteiger charge is 2.22. The number of halogens is 1. The number of amides is 1. The largest absolute Gasteiger partial charge is 0.376 e. The SMILES string of the molecule is CN(C)c1ccc(S(=O)(=O)N(C)C)cc1NC(=O)c1sc2ccccc2c1Cl. The Balaban J connectivity index is 2.04. The summed E-state index contributed by atoms with van der Waals surface area (Å²) >= 11 is 7.70. The second-order valence-electron chi connectivity index (χ2n) is 6.56. The van der Waals surface area contributed by atoms with Gasteiger partial charge in [0.15, 0.2) is 0 Å². The van der Waals surface area contributed by atoms with E-state index < -0.39 is 10.0 Å². The molecule has 0 aliphatic carbocycles. The number of sulfonamides is 1. The zero-order valence-electron chi connectivity index (χ0n) is 15.9.